The molecular formula is C21H20FNO2. The Kier molecular flexibility index (Phi) is 4.81. The fourth-order valence-electron chi connectivity index (χ4n) is 2.85. The van der Waals surface area contributed by atoms with Crippen molar-refractivity contribution in [1.82, 2.24) is 5.32 Å². The van der Waals surface area contributed by atoms with Gasteiger partial charge in [-0.05, 0) is 35.9 Å². The highest BCUT2D eigenvalue weighted by Gasteiger charge is 2.29. The first-order chi connectivity index (χ1) is 12.0. The maximum Gasteiger partial charge on any atom is 0.251 e. The van der Waals surface area contributed by atoms with Crippen molar-refractivity contribution < 1.29 is 13.9 Å². The topological polar surface area (TPSA) is 38.3 Å². The van der Waals surface area contributed by atoms with Crippen LogP contribution in [0.1, 0.15) is 22.8 Å². The average molecular weight is 337 g/mol. The lowest BCUT2D eigenvalue weighted by Gasteiger charge is -2.29. The van der Waals surface area contributed by atoms with Crippen molar-refractivity contribution >= 4 is 16.7 Å². The SMILES string of the molecule is COC(C)(CNC(=O)c1ccc2ccccc2c1)c1ccccc1F. The lowest BCUT2D eigenvalue weighted by molar-refractivity contribution is 0.000390. The van der Waals surface area contributed by atoms with E-state index in [4.69, 9.17) is 4.74 Å². The number of methoxy groups -OCH3 is 1. The largest absolute Gasteiger partial charge is 0.372 e. The summed E-state index contributed by atoms with van der Waals surface area (Å²) in [4.78, 5) is 12.5. The number of hydrogen-bond donors (Lipinski definition) is 1. The molecule has 0 aliphatic carbocycles. The van der Waals surface area contributed by atoms with Crippen LogP contribution in [0.3, 0.4) is 0 Å². The normalized spacial score (nSPS) is 13.4. The lowest BCUT2D eigenvalue weighted by atomic mass is 9.95. The molecule has 0 saturated carbocycles. The van der Waals surface area contributed by atoms with Crippen LogP contribution in [0, 0.1) is 5.82 Å². The average Bonchev–Trinajstić information content (AvgIpc) is 2.65. The second kappa shape index (κ2) is 7.03. The van der Waals surface area contributed by atoms with Gasteiger partial charge in [0.15, 0.2) is 0 Å². The molecule has 3 rings (SSSR count). The van der Waals surface area contributed by atoms with Crippen LogP contribution < -0.4 is 5.32 Å². The van der Waals surface area contributed by atoms with Crippen molar-refractivity contribution in [3.63, 3.8) is 0 Å². The van der Waals surface area contributed by atoms with Crippen LogP contribution in [0.25, 0.3) is 10.8 Å². The summed E-state index contributed by atoms with van der Waals surface area (Å²) in [6.45, 7) is 1.92. The number of fused-ring (bicyclic) bond motifs is 1. The molecule has 25 heavy (non-hydrogen) atoms. The molecule has 0 aliphatic rings. The zero-order valence-corrected chi connectivity index (χ0v) is 14.3. The summed E-state index contributed by atoms with van der Waals surface area (Å²) in [6, 6.07) is 19.8. The van der Waals surface area contributed by atoms with Crippen molar-refractivity contribution in [2.45, 2.75) is 12.5 Å². The molecule has 0 bridgehead atoms. The molecule has 0 spiro atoms. The number of rotatable bonds is 5. The van der Waals surface area contributed by atoms with Gasteiger partial charge in [0.05, 0.1) is 6.54 Å². The molecule has 4 heteroatoms. The Bertz CT molecular complexity index is 909. The molecule has 1 atom stereocenters. The highest BCUT2D eigenvalue weighted by molar-refractivity contribution is 5.98. The third-order valence-electron chi connectivity index (χ3n) is 4.49. The molecule has 0 heterocycles. The molecular weight excluding hydrogens is 317 g/mol. The molecule has 0 saturated heterocycles. The molecule has 3 nitrogen and oxygen atoms in total. The summed E-state index contributed by atoms with van der Waals surface area (Å²) in [5.41, 5.74) is 0.0275. The number of hydrogen-bond acceptors (Lipinski definition) is 2. The minimum Gasteiger partial charge on any atom is -0.372 e. The summed E-state index contributed by atoms with van der Waals surface area (Å²) in [7, 11) is 1.51. The minimum absolute atomic E-state index is 0.163. The van der Waals surface area contributed by atoms with Gasteiger partial charge in [0.2, 0.25) is 0 Å². The van der Waals surface area contributed by atoms with Gasteiger partial charge in [-0.25, -0.2) is 4.39 Å². The van der Waals surface area contributed by atoms with Gasteiger partial charge in [0.1, 0.15) is 11.4 Å². The van der Waals surface area contributed by atoms with E-state index in [0.29, 0.717) is 11.1 Å². The first-order valence-corrected chi connectivity index (χ1v) is 8.11. The van der Waals surface area contributed by atoms with Crippen LogP contribution in [-0.4, -0.2) is 19.6 Å². The maximum absolute atomic E-state index is 14.1. The van der Waals surface area contributed by atoms with E-state index in [1.165, 1.54) is 13.2 Å². The zero-order valence-electron chi connectivity index (χ0n) is 14.3. The van der Waals surface area contributed by atoms with E-state index >= 15 is 0 Å². The van der Waals surface area contributed by atoms with Gasteiger partial charge in [0.25, 0.3) is 5.91 Å². The van der Waals surface area contributed by atoms with Gasteiger partial charge in [-0.15, -0.1) is 0 Å². The number of amides is 1. The van der Waals surface area contributed by atoms with Crippen LogP contribution in [0.2, 0.25) is 0 Å². The van der Waals surface area contributed by atoms with Crippen molar-refractivity contribution in [1.29, 1.82) is 0 Å². The van der Waals surface area contributed by atoms with E-state index in [0.717, 1.165) is 10.8 Å². The Labute approximate surface area is 146 Å². The maximum atomic E-state index is 14.1. The Morgan fingerprint density at radius 3 is 2.44 bits per heavy atom. The third-order valence-corrected chi connectivity index (χ3v) is 4.49. The Morgan fingerprint density at radius 2 is 1.72 bits per heavy atom. The van der Waals surface area contributed by atoms with Gasteiger partial charge < -0.3 is 10.1 Å². The molecule has 0 aromatic heterocycles. The number of halogens is 1. The fourth-order valence-corrected chi connectivity index (χ4v) is 2.85. The number of benzene rings is 3. The molecule has 3 aromatic rings. The standard InChI is InChI=1S/C21H20FNO2/c1-21(25-2,18-9-5-6-10-19(18)22)14-23-20(24)17-12-11-15-7-3-4-8-16(15)13-17/h3-13H,14H2,1-2H3,(H,23,24). The number of ether oxygens (including phenoxy) is 1. The zero-order chi connectivity index (χ0) is 17.9. The highest BCUT2D eigenvalue weighted by Crippen LogP contribution is 2.26. The van der Waals surface area contributed by atoms with Crippen LogP contribution in [0.15, 0.2) is 66.7 Å². The van der Waals surface area contributed by atoms with E-state index in [1.807, 2.05) is 36.4 Å². The lowest BCUT2D eigenvalue weighted by Crippen LogP contribution is -2.40. The van der Waals surface area contributed by atoms with Crippen molar-refractivity contribution in [3.8, 4) is 0 Å². The van der Waals surface area contributed by atoms with Gasteiger partial charge in [-0.2, -0.15) is 0 Å². The first-order valence-electron chi connectivity index (χ1n) is 8.11. The summed E-state index contributed by atoms with van der Waals surface area (Å²) >= 11 is 0. The van der Waals surface area contributed by atoms with E-state index in [1.54, 1.807) is 31.2 Å². The molecule has 0 aliphatic heterocycles. The quantitative estimate of drug-likeness (QED) is 0.755. The smallest absolute Gasteiger partial charge is 0.251 e. The van der Waals surface area contributed by atoms with E-state index < -0.39 is 5.60 Å². The van der Waals surface area contributed by atoms with Gasteiger partial charge in [0, 0.05) is 18.2 Å². The molecule has 3 aromatic carbocycles. The predicted octanol–water partition coefficient (Wildman–Crippen LogP) is 4.27. The molecule has 128 valence electrons. The second-order valence-electron chi connectivity index (χ2n) is 6.16. The van der Waals surface area contributed by atoms with Gasteiger partial charge >= 0.3 is 0 Å². The molecule has 0 radical (unpaired) electrons. The van der Waals surface area contributed by atoms with Gasteiger partial charge in [-0.3, -0.25) is 4.79 Å². The first kappa shape index (κ1) is 17.1. The highest BCUT2D eigenvalue weighted by atomic mass is 19.1. The van der Waals surface area contributed by atoms with Crippen LogP contribution >= 0.6 is 0 Å². The van der Waals surface area contributed by atoms with E-state index in [2.05, 4.69) is 5.32 Å². The number of carbonyl (C=O) groups excluding carboxylic acids is 1. The van der Waals surface area contributed by atoms with Crippen LogP contribution in [0.4, 0.5) is 4.39 Å². The molecule has 1 amide bonds. The Morgan fingerprint density at radius 1 is 1.04 bits per heavy atom. The molecule has 0 fully saturated rings. The summed E-state index contributed by atoms with van der Waals surface area (Å²) in [6.07, 6.45) is 0. The van der Waals surface area contributed by atoms with Crippen LogP contribution in [-0.2, 0) is 10.3 Å². The number of nitrogens with one attached hydrogen (secondary N) is 1. The van der Waals surface area contributed by atoms with Crippen molar-refractivity contribution in [2.24, 2.45) is 0 Å². The summed E-state index contributed by atoms with van der Waals surface area (Å²) in [5.74, 6) is -0.572. The fraction of sp³-hybridized carbons (Fsp3) is 0.190. The van der Waals surface area contributed by atoms with Crippen LogP contribution in [0.5, 0.6) is 0 Å². The third kappa shape index (κ3) is 3.54. The monoisotopic (exact) mass is 337 g/mol. The van der Waals surface area contributed by atoms with Crippen molar-refractivity contribution in [2.75, 3.05) is 13.7 Å². The molecule has 1 unspecified atom stereocenters. The second-order valence-corrected chi connectivity index (χ2v) is 6.16. The summed E-state index contributed by atoms with van der Waals surface area (Å²) in [5, 5.41) is 4.93. The minimum atomic E-state index is -0.947. The predicted molar refractivity (Wildman–Crippen MR) is 97.0 cm³/mol. The summed E-state index contributed by atoms with van der Waals surface area (Å²) < 4.78 is 19.6. The number of carbonyl (C=O) groups is 1. The molecule has 1 N–H and O–H groups in total. The van der Waals surface area contributed by atoms with E-state index in [9.17, 15) is 9.18 Å². The van der Waals surface area contributed by atoms with Gasteiger partial charge in [-0.1, -0.05) is 48.5 Å². The Balaban J connectivity index is 1.78. The Hall–Kier alpha value is -2.72. The van der Waals surface area contributed by atoms with E-state index in [-0.39, 0.29) is 18.3 Å². The van der Waals surface area contributed by atoms with Crippen molar-refractivity contribution in [3.05, 3.63) is 83.7 Å².